The molecule has 2 rings (SSSR count). The Morgan fingerprint density at radius 3 is 2.05 bits per heavy atom. The molecule has 1 saturated carbocycles. The van der Waals surface area contributed by atoms with E-state index in [1.807, 2.05) is 6.08 Å². The Labute approximate surface area is 132 Å². The van der Waals surface area contributed by atoms with E-state index in [0.29, 0.717) is 0 Å². The molecule has 0 amide bonds. The van der Waals surface area contributed by atoms with Crippen LogP contribution >= 0.6 is 0 Å². The maximum absolute atomic E-state index is 3.86. The van der Waals surface area contributed by atoms with Gasteiger partial charge in [-0.3, -0.25) is 0 Å². The SMILES string of the molecule is C=C/C(=C\C)c1ccc(C2CCC(C)CC2)cc1.CCC. The highest BCUT2D eigenvalue weighted by Crippen LogP contribution is 2.35. The van der Waals surface area contributed by atoms with Crippen molar-refractivity contribution in [3.05, 3.63) is 54.1 Å². The van der Waals surface area contributed by atoms with Crippen molar-refractivity contribution in [3.63, 3.8) is 0 Å². The first-order valence-corrected chi connectivity index (χ1v) is 8.55. The average Bonchev–Trinajstić information content (AvgIpc) is 2.51. The minimum absolute atomic E-state index is 0.785. The molecule has 0 bridgehead atoms. The molecule has 0 N–H and O–H groups in total. The Morgan fingerprint density at radius 1 is 1.10 bits per heavy atom. The van der Waals surface area contributed by atoms with Gasteiger partial charge in [0.05, 0.1) is 0 Å². The van der Waals surface area contributed by atoms with E-state index in [4.69, 9.17) is 0 Å². The highest BCUT2D eigenvalue weighted by Gasteiger charge is 2.19. The second kappa shape index (κ2) is 9.60. The Hall–Kier alpha value is -1.30. The van der Waals surface area contributed by atoms with E-state index >= 15 is 0 Å². The van der Waals surface area contributed by atoms with Gasteiger partial charge in [-0.25, -0.2) is 0 Å². The average molecular weight is 284 g/mol. The Morgan fingerprint density at radius 2 is 1.62 bits per heavy atom. The van der Waals surface area contributed by atoms with Crippen molar-refractivity contribution in [2.75, 3.05) is 0 Å². The predicted molar refractivity (Wildman–Crippen MR) is 96.6 cm³/mol. The van der Waals surface area contributed by atoms with E-state index in [-0.39, 0.29) is 0 Å². The van der Waals surface area contributed by atoms with E-state index in [2.05, 4.69) is 64.6 Å². The molecule has 0 spiro atoms. The van der Waals surface area contributed by atoms with Gasteiger partial charge >= 0.3 is 0 Å². The van der Waals surface area contributed by atoms with Crippen LogP contribution < -0.4 is 0 Å². The van der Waals surface area contributed by atoms with Gasteiger partial charge in [0.1, 0.15) is 0 Å². The van der Waals surface area contributed by atoms with Gasteiger partial charge in [0.2, 0.25) is 0 Å². The molecule has 0 atom stereocenters. The van der Waals surface area contributed by atoms with Crippen molar-refractivity contribution in [2.24, 2.45) is 5.92 Å². The Kier molecular flexibility index (Phi) is 8.12. The van der Waals surface area contributed by atoms with Crippen LogP contribution in [0.25, 0.3) is 5.57 Å². The molecule has 0 heteroatoms. The van der Waals surface area contributed by atoms with E-state index in [0.717, 1.165) is 11.8 Å². The summed E-state index contributed by atoms with van der Waals surface area (Å²) in [6.45, 7) is 12.6. The van der Waals surface area contributed by atoms with Gasteiger partial charge < -0.3 is 0 Å². The molecule has 1 aromatic rings. The summed E-state index contributed by atoms with van der Waals surface area (Å²) in [7, 11) is 0. The van der Waals surface area contributed by atoms with Gasteiger partial charge in [-0.05, 0) is 48.3 Å². The molecule has 1 aliphatic rings. The van der Waals surface area contributed by atoms with Crippen LogP contribution in [0.2, 0.25) is 0 Å². The third-order valence-electron chi connectivity index (χ3n) is 4.26. The van der Waals surface area contributed by atoms with Crippen LogP contribution in [-0.2, 0) is 0 Å². The lowest BCUT2D eigenvalue weighted by atomic mass is 9.79. The zero-order chi connectivity index (χ0) is 15.7. The van der Waals surface area contributed by atoms with Crippen molar-refractivity contribution in [1.29, 1.82) is 0 Å². The smallest absolute Gasteiger partial charge is 0.0162 e. The Bertz CT molecular complexity index is 428. The molecular weight excluding hydrogens is 252 g/mol. The summed E-state index contributed by atoms with van der Waals surface area (Å²) >= 11 is 0. The monoisotopic (exact) mass is 284 g/mol. The lowest BCUT2D eigenvalue weighted by Gasteiger charge is -2.26. The molecule has 0 unspecified atom stereocenters. The first-order valence-electron chi connectivity index (χ1n) is 8.55. The van der Waals surface area contributed by atoms with Gasteiger partial charge in [-0.15, -0.1) is 0 Å². The predicted octanol–water partition coefficient (Wildman–Crippen LogP) is 6.99. The molecule has 1 aliphatic carbocycles. The normalized spacial score (nSPS) is 22.2. The molecule has 0 radical (unpaired) electrons. The standard InChI is InChI=1S/C18H24.C3H8/c1-4-15(5-2)16-10-12-18(13-11-16)17-8-6-14(3)7-9-17;1-3-2/h4-5,10-14,17H,1,6-9H2,2-3H3;3H2,1-2H3/b15-5+;. The van der Waals surface area contributed by atoms with Crippen molar-refractivity contribution in [1.82, 2.24) is 0 Å². The van der Waals surface area contributed by atoms with Crippen molar-refractivity contribution < 1.29 is 0 Å². The van der Waals surface area contributed by atoms with Crippen LogP contribution in [0.5, 0.6) is 0 Å². The van der Waals surface area contributed by atoms with Gasteiger partial charge in [0.25, 0.3) is 0 Å². The third kappa shape index (κ3) is 5.53. The zero-order valence-electron chi connectivity index (χ0n) is 14.4. The molecule has 116 valence electrons. The van der Waals surface area contributed by atoms with E-state index in [1.165, 1.54) is 48.8 Å². The van der Waals surface area contributed by atoms with Crippen molar-refractivity contribution >= 4 is 5.57 Å². The quantitative estimate of drug-likeness (QED) is 0.525. The fraction of sp³-hybridized carbons (Fsp3) is 0.524. The fourth-order valence-corrected chi connectivity index (χ4v) is 2.94. The third-order valence-corrected chi connectivity index (χ3v) is 4.26. The molecule has 0 nitrogen and oxygen atoms in total. The van der Waals surface area contributed by atoms with Crippen LogP contribution in [0.3, 0.4) is 0 Å². The number of allylic oxidation sites excluding steroid dienone is 3. The maximum atomic E-state index is 3.86. The largest absolute Gasteiger partial charge is 0.0985 e. The second-order valence-corrected chi connectivity index (χ2v) is 6.23. The maximum Gasteiger partial charge on any atom is -0.0162 e. The van der Waals surface area contributed by atoms with Crippen LogP contribution in [-0.4, -0.2) is 0 Å². The number of benzene rings is 1. The minimum atomic E-state index is 0.785. The van der Waals surface area contributed by atoms with E-state index < -0.39 is 0 Å². The molecule has 1 fully saturated rings. The molecule has 0 heterocycles. The number of rotatable bonds is 3. The van der Waals surface area contributed by atoms with Crippen LogP contribution in [0.1, 0.15) is 76.8 Å². The molecule has 0 aromatic heterocycles. The molecule has 0 aliphatic heterocycles. The summed E-state index contributed by atoms with van der Waals surface area (Å²) in [5, 5.41) is 0. The minimum Gasteiger partial charge on any atom is -0.0985 e. The van der Waals surface area contributed by atoms with Crippen LogP contribution in [0.4, 0.5) is 0 Å². The molecule has 21 heavy (non-hydrogen) atoms. The summed E-state index contributed by atoms with van der Waals surface area (Å²) in [6, 6.07) is 9.10. The fourth-order valence-electron chi connectivity index (χ4n) is 2.94. The summed E-state index contributed by atoms with van der Waals surface area (Å²) in [6.07, 6.45) is 10.8. The first-order chi connectivity index (χ1) is 10.2. The van der Waals surface area contributed by atoms with Gasteiger partial charge in [0.15, 0.2) is 0 Å². The topological polar surface area (TPSA) is 0 Å². The molecular formula is C21H32. The first kappa shape index (κ1) is 17.8. The lowest BCUT2D eigenvalue weighted by molar-refractivity contribution is 0.348. The van der Waals surface area contributed by atoms with Gasteiger partial charge in [0, 0.05) is 0 Å². The Balaban J connectivity index is 0.000000677. The highest BCUT2D eigenvalue weighted by molar-refractivity contribution is 5.73. The summed E-state index contributed by atoms with van der Waals surface area (Å²) < 4.78 is 0. The van der Waals surface area contributed by atoms with Gasteiger partial charge in [-0.1, -0.05) is 83.0 Å². The lowest BCUT2D eigenvalue weighted by Crippen LogP contribution is -2.10. The number of hydrogen-bond donors (Lipinski definition) is 0. The van der Waals surface area contributed by atoms with Crippen LogP contribution in [0, 0.1) is 5.92 Å². The molecule has 1 aromatic carbocycles. The second-order valence-electron chi connectivity index (χ2n) is 6.23. The van der Waals surface area contributed by atoms with Crippen molar-refractivity contribution in [3.8, 4) is 0 Å². The summed E-state index contributed by atoms with van der Waals surface area (Å²) in [5.74, 6) is 1.71. The number of hydrogen-bond acceptors (Lipinski definition) is 0. The van der Waals surface area contributed by atoms with Crippen molar-refractivity contribution in [2.45, 2.75) is 65.7 Å². The summed E-state index contributed by atoms with van der Waals surface area (Å²) in [4.78, 5) is 0. The van der Waals surface area contributed by atoms with Crippen LogP contribution in [0.15, 0.2) is 43.0 Å². The zero-order valence-corrected chi connectivity index (χ0v) is 14.4. The van der Waals surface area contributed by atoms with E-state index in [9.17, 15) is 0 Å². The summed E-state index contributed by atoms with van der Waals surface area (Å²) in [5.41, 5.74) is 4.02. The molecule has 0 saturated heterocycles. The van der Waals surface area contributed by atoms with E-state index in [1.54, 1.807) is 0 Å². The highest BCUT2D eigenvalue weighted by atomic mass is 14.2. The van der Waals surface area contributed by atoms with Gasteiger partial charge in [-0.2, -0.15) is 0 Å².